The molecule has 2 nitrogen and oxygen atoms in total. The predicted molar refractivity (Wildman–Crippen MR) is 50.8 cm³/mol. The second kappa shape index (κ2) is 8.18. The molecule has 0 N–H and O–H groups in total. The molecule has 0 spiro atoms. The van der Waals surface area contributed by atoms with Crippen molar-refractivity contribution in [1.29, 1.82) is 0 Å². The van der Waals surface area contributed by atoms with Crippen molar-refractivity contribution in [1.82, 2.24) is 0 Å². The summed E-state index contributed by atoms with van der Waals surface area (Å²) in [4.78, 5) is 0. The molecule has 2 heteroatoms. The molecular weight excluding hydrogens is 152 g/mol. The van der Waals surface area contributed by atoms with Crippen LogP contribution in [0.2, 0.25) is 0 Å². The Morgan fingerprint density at radius 1 is 1.17 bits per heavy atom. The fourth-order valence-electron chi connectivity index (χ4n) is 0.639. The first kappa shape index (κ1) is 11.1. The molecule has 0 amide bonds. The second-order valence-electron chi connectivity index (χ2n) is 2.42. The van der Waals surface area contributed by atoms with Gasteiger partial charge < -0.3 is 9.47 Å². The van der Waals surface area contributed by atoms with Crippen LogP contribution < -0.4 is 0 Å². The summed E-state index contributed by atoms with van der Waals surface area (Å²) in [5, 5.41) is 0. The Hall–Kier alpha value is -0.920. The van der Waals surface area contributed by atoms with Crippen molar-refractivity contribution in [2.75, 3.05) is 13.2 Å². The van der Waals surface area contributed by atoms with E-state index in [1.807, 2.05) is 0 Å². The van der Waals surface area contributed by atoms with Gasteiger partial charge in [-0.15, -0.1) is 0 Å². The highest BCUT2D eigenvalue weighted by atomic mass is 16.7. The molecule has 70 valence electrons. The zero-order chi connectivity index (χ0) is 9.23. The van der Waals surface area contributed by atoms with E-state index in [-0.39, 0.29) is 0 Å². The molecule has 0 fully saturated rings. The molecule has 12 heavy (non-hydrogen) atoms. The van der Waals surface area contributed by atoms with Crippen LogP contribution in [-0.4, -0.2) is 13.2 Å². The fourth-order valence-corrected chi connectivity index (χ4v) is 0.639. The summed E-state index contributed by atoms with van der Waals surface area (Å²) in [7, 11) is 0. The molecule has 0 aromatic rings. The highest BCUT2D eigenvalue weighted by Gasteiger charge is 1.95. The first-order valence-electron chi connectivity index (χ1n) is 4.43. The Labute approximate surface area is 74.9 Å². The van der Waals surface area contributed by atoms with Crippen LogP contribution in [0.5, 0.6) is 0 Å². The van der Waals surface area contributed by atoms with E-state index in [4.69, 9.17) is 9.47 Å². The molecule has 0 saturated carbocycles. The normalized spacial score (nSPS) is 8.83. The van der Waals surface area contributed by atoms with E-state index in [0.29, 0.717) is 19.2 Å². The summed E-state index contributed by atoms with van der Waals surface area (Å²) in [5.74, 6) is 0.578. The summed E-state index contributed by atoms with van der Waals surface area (Å²) in [5.41, 5.74) is 0. The topological polar surface area (TPSA) is 18.5 Å². The van der Waals surface area contributed by atoms with Gasteiger partial charge in [-0.1, -0.05) is 26.5 Å². The standard InChI is InChI=1S/C10H18O2/c1-4-7-10(11-8-5-2)12-9-6-3/h4,7H,1,5-6,8-9H2,2-3H3. The van der Waals surface area contributed by atoms with Crippen LogP contribution in [0.15, 0.2) is 24.7 Å². The third-order valence-corrected chi connectivity index (χ3v) is 1.15. The van der Waals surface area contributed by atoms with Gasteiger partial charge in [0.1, 0.15) is 0 Å². The zero-order valence-electron chi connectivity index (χ0n) is 8.01. The molecular formula is C10H18O2. The molecule has 0 saturated heterocycles. The van der Waals surface area contributed by atoms with Gasteiger partial charge in [-0.2, -0.15) is 0 Å². The Kier molecular flexibility index (Phi) is 7.55. The summed E-state index contributed by atoms with van der Waals surface area (Å²) in [6.07, 6.45) is 5.39. The van der Waals surface area contributed by atoms with Crippen LogP contribution in [0.4, 0.5) is 0 Å². The molecule has 0 rings (SSSR count). The number of hydrogen-bond donors (Lipinski definition) is 0. The van der Waals surface area contributed by atoms with Gasteiger partial charge in [-0.05, 0) is 12.8 Å². The Morgan fingerprint density at radius 3 is 2.00 bits per heavy atom. The molecule has 0 aliphatic carbocycles. The molecule has 0 unspecified atom stereocenters. The average molecular weight is 170 g/mol. The van der Waals surface area contributed by atoms with Gasteiger partial charge in [0.2, 0.25) is 0 Å². The lowest BCUT2D eigenvalue weighted by Crippen LogP contribution is -1.99. The van der Waals surface area contributed by atoms with Crippen LogP contribution in [0.25, 0.3) is 0 Å². The monoisotopic (exact) mass is 170 g/mol. The molecule has 0 aromatic carbocycles. The summed E-state index contributed by atoms with van der Waals surface area (Å²) >= 11 is 0. The SMILES string of the molecule is C=CC=C(OCCC)OCCC. The molecule has 0 bridgehead atoms. The van der Waals surface area contributed by atoms with Crippen LogP contribution in [0, 0.1) is 0 Å². The lowest BCUT2D eigenvalue weighted by molar-refractivity contribution is 0.0359. The summed E-state index contributed by atoms with van der Waals surface area (Å²) in [6.45, 7) is 9.10. The van der Waals surface area contributed by atoms with Crippen LogP contribution in [0.1, 0.15) is 26.7 Å². The Balaban J connectivity index is 3.70. The van der Waals surface area contributed by atoms with Crippen molar-refractivity contribution < 1.29 is 9.47 Å². The largest absolute Gasteiger partial charge is 0.465 e. The van der Waals surface area contributed by atoms with Crippen molar-refractivity contribution in [2.24, 2.45) is 0 Å². The van der Waals surface area contributed by atoms with Crippen LogP contribution in [0.3, 0.4) is 0 Å². The predicted octanol–water partition coefficient (Wildman–Crippen LogP) is 2.87. The van der Waals surface area contributed by atoms with E-state index in [0.717, 1.165) is 12.8 Å². The first-order valence-corrected chi connectivity index (χ1v) is 4.43. The van der Waals surface area contributed by atoms with Crippen molar-refractivity contribution in [3.8, 4) is 0 Å². The van der Waals surface area contributed by atoms with Gasteiger partial charge in [0.15, 0.2) is 0 Å². The van der Waals surface area contributed by atoms with E-state index >= 15 is 0 Å². The minimum atomic E-state index is 0.578. The first-order chi connectivity index (χ1) is 5.85. The smallest absolute Gasteiger partial charge is 0.279 e. The zero-order valence-corrected chi connectivity index (χ0v) is 8.01. The Morgan fingerprint density at radius 2 is 1.67 bits per heavy atom. The maximum absolute atomic E-state index is 5.30. The maximum atomic E-state index is 5.30. The average Bonchev–Trinajstić information content (AvgIpc) is 2.10. The van der Waals surface area contributed by atoms with Gasteiger partial charge in [0.05, 0.1) is 13.2 Å². The fraction of sp³-hybridized carbons (Fsp3) is 0.600. The molecule has 0 atom stereocenters. The van der Waals surface area contributed by atoms with Crippen LogP contribution >= 0.6 is 0 Å². The lowest BCUT2D eigenvalue weighted by atomic mass is 10.5. The highest BCUT2D eigenvalue weighted by molar-refractivity contribution is 4.98. The van der Waals surface area contributed by atoms with Crippen molar-refractivity contribution in [3.05, 3.63) is 24.7 Å². The summed E-state index contributed by atoms with van der Waals surface area (Å²) < 4.78 is 10.6. The molecule has 0 heterocycles. The van der Waals surface area contributed by atoms with E-state index in [1.165, 1.54) is 0 Å². The lowest BCUT2D eigenvalue weighted by Gasteiger charge is -2.09. The number of rotatable bonds is 7. The number of hydrogen-bond acceptors (Lipinski definition) is 2. The molecule has 0 aliphatic heterocycles. The van der Waals surface area contributed by atoms with Gasteiger partial charge in [-0.3, -0.25) is 0 Å². The number of allylic oxidation sites excluding steroid dienone is 2. The van der Waals surface area contributed by atoms with E-state index < -0.39 is 0 Å². The van der Waals surface area contributed by atoms with Crippen molar-refractivity contribution in [3.63, 3.8) is 0 Å². The molecule has 0 aliphatic rings. The third-order valence-electron chi connectivity index (χ3n) is 1.15. The van der Waals surface area contributed by atoms with Gasteiger partial charge in [0.25, 0.3) is 5.95 Å². The second-order valence-corrected chi connectivity index (χ2v) is 2.42. The highest BCUT2D eigenvalue weighted by Crippen LogP contribution is 2.01. The van der Waals surface area contributed by atoms with Gasteiger partial charge in [-0.25, -0.2) is 0 Å². The minimum absolute atomic E-state index is 0.578. The van der Waals surface area contributed by atoms with Crippen LogP contribution in [-0.2, 0) is 9.47 Å². The molecule has 0 radical (unpaired) electrons. The van der Waals surface area contributed by atoms with Crippen molar-refractivity contribution >= 4 is 0 Å². The quantitative estimate of drug-likeness (QED) is 0.432. The van der Waals surface area contributed by atoms with E-state index in [1.54, 1.807) is 12.2 Å². The number of ether oxygens (including phenoxy) is 2. The molecule has 0 aromatic heterocycles. The Bertz CT molecular complexity index is 129. The van der Waals surface area contributed by atoms with Crippen molar-refractivity contribution in [2.45, 2.75) is 26.7 Å². The van der Waals surface area contributed by atoms with E-state index in [2.05, 4.69) is 20.4 Å². The summed E-state index contributed by atoms with van der Waals surface area (Å²) in [6, 6.07) is 0. The third kappa shape index (κ3) is 5.83. The van der Waals surface area contributed by atoms with Gasteiger partial charge >= 0.3 is 0 Å². The van der Waals surface area contributed by atoms with Gasteiger partial charge in [0, 0.05) is 6.08 Å². The maximum Gasteiger partial charge on any atom is 0.279 e. The van der Waals surface area contributed by atoms with E-state index in [9.17, 15) is 0 Å². The minimum Gasteiger partial charge on any atom is -0.465 e.